The van der Waals surface area contributed by atoms with E-state index in [2.05, 4.69) is 55.6 Å². The highest BCUT2D eigenvalue weighted by Crippen LogP contribution is 2.14. The van der Waals surface area contributed by atoms with Gasteiger partial charge in [0.2, 0.25) is 0 Å². The number of allylic oxidation sites excluding steroid dienone is 3. The highest BCUT2D eigenvalue weighted by Gasteiger charge is 1.97. The maximum atomic E-state index is 3.45. The summed E-state index contributed by atoms with van der Waals surface area (Å²) >= 11 is 0. The molecule has 1 aromatic rings. The zero-order valence-corrected chi connectivity index (χ0v) is 10.8. The number of rotatable bonds is 0. The minimum Gasteiger partial charge on any atom is -0.381 e. The fraction of sp³-hybridized carbons (Fsp3) is 0.375. The van der Waals surface area contributed by atoms with Gasteiger partial charge in [-0.05, 0) is 50.8 Å². The Labute approximate surface area is 104 Å². The third-order valence-corrected chi connectivity index (χ3v) is 3.24. The smallest absolute Gasteiger partial charge is 0.0357 e. The molecule has 2 aliphatic rings. The van der Waals surface area contributed by atoms with Crippen molar-refractivity contribution in [3.63, 3.8) is 0 Å². The van der Waals surface area contributed by atoms with E-state index in [9.17, 15) is 0 Å². The second kappa shape index (κ2) is 5.72. The molecule has 0 radical (unpaired) electrons. The van der Waals surface area contributed by atoms with E-state index in [4.69, 9.17) is 0 Å². The Balaban J connectivity index is 2.20. The van der Waals surface area contributed by atoms with E-state index in [-0.39, 0.29) is 0 Å². The van der Waals surface area contributed by atoms with Crippen LogP contribution in [0.25, 0.3) is 0 Å². The van der Waals surface area contributed by atoms with Crippen molar-refractivity contribution in [3.8, 4) is 0 Å². The first-order valence-corrected chi connectivity index (χ1v) is 6.38. The average Bonchev–Trinajstić information content (AvgIpc) is 2.36. The molecule has 0 spiro atoms. The van der Waals surface area contributed by atoms with Crippen LogP contribution in [0.1, 0.15) is 32.3 Å². The van der Waals surface area contributed by atoms with Crippen LogP contribution in [-0.4, -0.2) is 6.54 Å². The summed E-state index contributed by atoms with van der Waals surface area (Å²) in [7, 11) is 0. The highest BCUT2D eigenvalue weighted by atomic mass is 14.9. The van der Waals surface area contributed by atoms with Crippen LogP contribution in [0.3, 0.4) is 0 Å². The Morgan fingerprint density at radius 2 is 1.71 bits per heavy atom. The molecular formula is C16H21N. The van der Waals surface area contributed by atoms with Crippen molar-refractivity contribution in [2.75, 3.05) is 11.9 Å². The van der Waals surface area contributed by atoms with Gasteiger partial charge in [0.15, 0.2) is 0 Å². The molecule has 2 aliphatic heterocycles. The molecule has 3 rings (SSSR count). The Kier molecular flexibility index (Phi) is 4.03. The van der Waals surface area contributed by atoms with Crippen molar-refractivity contribution in [1.82, 2.24) is 0 Å². The van der Waals surface area contributed by atoms with E-state index in [1.54, 1.807) is 0 Å². The van der Waals surface area contributed by atoms with Crippen molar-refractivity contribution in [2.45, 2.75) is 33.1 Å². The molecule has 0 unspecified atom stereocenters. The molecule has 0 saturated heterocycles. The molecule has 0 aromatic heterocycles. The molecular weight excluding hydrogens is 206 g/mol. The Morgan fingerprint density at radius 1 is 0.941 bits per heavy atom. The second-order valence-corrected chi connectivity index (χ2v) is 4.89. The molecule has 0 amide bonds. The Morgan fingerprint density at radius 3 is 2.47 bits per heavy atom. The molecule has 0 fully saturated rings. The summed E-state index contributed by atoms with van der Waals surface area (Å²) in [6.45, 7) is 5.37. The summed E-state index contributed by atoms with van der Waals surface area (Å²) in [4.78, 5) is 0. The predicted molar refractivity (Wildman–Crippen MR) is 75.4 cm³/mol. The van der Waals surface area contributed by atoms with Crippen LogP contribution in [0.5, 0.6) is 0 Å². The van der Waals surface area contributed by atoms with E-state index in [0.717, 1.165) is 19.4 Å². The number of hydrogen-bond donors (Lipinski definition) is 1. The fourth-order valence-corrected chi connectivity index (χ4v) is 2.01. The molecule has 1 nitrogen and oxygen atoms in total. The quantitative estimate of drug-likeness (QED) is 0.651. The highest BCUT2D eigenvalue weighted by molar-refractivity contribution is 5.46. The third-order valence-electron chi connectivity index (χ3n) is 3.24. The zero-order valence-electron chi connectivity index (χ0n) is 10.8. The van der Waals surface area contributed by atoms with Crippen molar-refractivity contribution in [3.05, 3.63) is 53.1 Å². The van der Waals surface area contributed by atoms with Gasteiger partial charge in [-0.15, -0.1) is 0 Å². The lowest BCUT2D eigenvalue weighted by atomic mass is 10.1. The summed E-state index contributed by atoms with van der Waals surface area (Å²) < 4.78 is 0. The van der Waals surface area contributed by atoms with Crippen LogP contribution in [0.2, 0.25) is 0 Å². The van der Waals surface area contributed by atoms with Gasteiger partial charge in [0, 0.05) is 12.2 Å². The van der Waals surface area contributed by atoms with Gasteiger partial charge in [-0.25, -0.2) is 0 Å². The Bertz CT molecular complexity index is 423. The summed E-state index contributed by atoms with van der Waals surface area (Å²) in [5.41, 5.74) is 5.51. The topological polar surface area (TPSA) is 12.0 Å². The van der Waals surface area contributed by atoms with Gasteiger partial charge in [-0.1, -0.05) is 35.4 Å². The van der Waals surface area contributed by atoms with Crippen LogP contribution in [-0.2, 0) is 6.42 Å². The van der Waals surface area contributed by atoms with Crippen LogP contribution in [0.4, 0.5) is 5.69 Å². The van der Waals surface area contributed by atoms with E-state index in [0.29, 0.717) is 0 Å². The normalized spacial score (nSPS) is 17.1. The molecule has 2 bridgehead atoms. The maximum Gasteiger partial charge on any atom is 0.0357 e. The third kappa shape index (κ3) is 3.77. The lowest BCUT2D eigenvalue weighted by molar-refractivity contribution is 0.952. The van der Waals surface area contributed by atoms with Crippen molar-refractivity contribution >= 4 is 5.69 Å². The van der Waals surface area contributed by atoms with Gasteiger partial charge in [0.05, 0.1) is 0 Å². The summed E-state index contributed by atoms with van der Waals surface area (Å²) in [6.07, 6.45) is 8.07. The lowest BCUT2D eigenvalue weighted by Gasteiger charge is -2.07. The minimum atomic E-state index is 0.947. The van der Waals surface area contributed by atoms with E-state index in [1.807, 2.05) is 0 Å². The number of hydrogen-bond acceptors (Lipinski definition) is 1. The summed E-state index contributed by atoms with van der Waals surface area (Å²) in [5, 5.41) is 3.45. The largest absolute Gasteiger partial charge is 0.381 e. The van der Waals surface area contributed by atoms with E-state index < -0.39 is 0 Å². The predicted octanol–water partition coefficient (Wildman–Crippen LogP) is 4.33. The monoisotopic (exact) mass is 227 g/mol. The number of nitrogens with one attached hydrogen (secondary N) is 1. The van der Waals surface area contributed by atoms with Crippen LogP contribution >= 0.6 is 0 Å². The van der Waals surface area contributed by atoms with Gasteiger partial charge in [0.1, 0.15) is 0 Å². The zero-order chi connectivity index (χ0) is 12.1. The van der Waals surface area contributed by atoms with Crippen LogP contribution in [0.15, 0.2) is 47.6 Å². The molecule has 0 saturated carbocycles. The van der Waals surface area contributed by atoms with Crippen molar-refractivity contribution in [1.29, 1.82) is 0 Å². The first-order valence-electron chi connectivity index (χ1n) is 6.38. The van der Waals surface area contributed by atoms with Gasteiger partial charge < -0.3 is 5.32 Å². The van der Waals surface area contributed by atoms with Crippen molar-refractivity contribution < 1.29 is 0 Å². The van der Waals surface area contributed by atoms with E-state index >= 15 is 0 Å². The van der Waals surface area contributed by atoms with Crippen molar-refractivity contribution in [2.24, 2.45) is 0 Å². The SMILES string of the molecule is CC1=CCc2ccc(cc2)NCC(C)=CCC1. The van der Waals surface area contributed by atoms with E-state index in [1.165, 1.54) is 28.8 Å². The molecule has 2 heterocycles. The fourth-order valence-electron chi connectivity index (χ4n) is 2.01. The first-order chi connectivity index (χ1) is 8.24. The molecule has 1 N–H and O–H groups in total. The first kappa shape index (κ1) is 12.0. The molecule has 1 aromatic carbocycles. The molecule has 1 heteroatoms. The van der Waals surface area contributed by atoms with Gasteiger partial charge in [-0.3, -0.25) is 0 Å². The standard InChI is InChI=1S/C16H21N/c1-13-4-3-5-14(2)12-17-16-10-8-15(7-6-13)9-11-16/h5-6,8-11,17H,3-4,7,12H2,1-2H3. The second-order valence-electron chi connectivity index (χ2n) is 4.89. The maximum absolute atomic E-state index is 3.45. The number of anilines is 1. The molecule has 0 aliphatic carbocycles. The molecule has 90 valence electrons. The molecule has 0 atom stereocenters. The summed E-state index contributed by atoms with van der Waals surface area (Å²) in [6, 6.07) is 8.76. The van der Waals surface area contributed by atoms with Crippen LogP contribution in [0, 0.1) is 0 Å². The van der Waals surface area contributed by atoms with Gasteiger partial charge in [0.25, 0.3) is 0 Å². The van der Waals surface area contributed by atoms with Crippen LogP contribution < -0.4 is 5.32 Å². The number of fused-ring (bicyclic) bond motifs is 8. The summed E-state index contributed by atoms with van der Waals surface area (Å²) in [5.74, 6) is 0. The van der Waals surface area contributed by atoms with Gasteiger partial charge >= 0.3 is 0 Å². The number of benzene rings is 1. The van der Waals surface area contributed by atoms with Gasteiger partial charge in [-0.2, -0.15) is 0 Å². The average molecular weight is 227 g/mol. The molecule has 17 heavy (non-hydrogen) atoms. The minimum absolute atomic E-state index is 0.947. The lowest BCUT2D eigenvalue weighted by Crippen LogP contribution is -2.02. The Hall–Kier alpha value is -1.50.